The Morgan fingerprint density at radius 2 is 1.87 bits per heavy atom. The average Bonchev–Trinajstić information content (AvgIpc) is 2.20. The van der Waals surface area contributed by atoms with Gasteiger partial charge in [0.2, 0.25) is 0 Å². The maximum Gasteiger partial charge on any atom is 0.135 e. The minimum atomic E-state index is 0.162. The van der Waals surface area contributed by atoms with E-state index in [9.17, 15) is 4.79 Å². The lowest BCUT2D eigenvalue weighted by atomic mass is 10.0. The number of hydrogen-bond acceptors (Lipinski definition) is 1. The van der Waals surface area contributed by atoms with Crippen molar-refractivity contribution in [1.82, 2.24) is 0 Å². The van der Waals surface area contributed by atoms with Gasteiger partial charge in [-0.2, -0.15) is 0 Å². The maximum atomic E-state index is 11.4. The van der Waals surface area contributed by atoms with Crippen LogP contribution in [0.4, 0.5) is 0 Å². The quantitative estimate of drug-likeness (QED) is 0.742. The third-order valence-electron chi connectivity index (χ3n) is 2.45. The van der Waals surface area contributed by atoms with Crippen molar-refractivity contribution in [3.05, 3.63) is 34.9 Å². The summed E-state index contributed by atoms with van der Waals surface area (Å²) >= 11 is 5.78. The van der Waals surface area contributed by atoms with Gasteiger partial charge in [0.1, 0.15) is 5.78 Å². The zero-order valence-corrected chi connectivity index (χ0v) is 10.1. The predicted octanol–water partition coefficient (Wildman–Crippen LogP) is 3.89. The minimum absolute atomic E-state index is 0.162. The summed E-state index contributed by atoms with van der Waals surface area (Å²) in [6.07, 6.45) is 2.56. The van der Waals surface area contributed by atoms with Crippen LogP contribution in [0, 0.1) is 5.92 Å². The van der Waals surface area contributed by atoms with Crippen molar-refractivity contribution < 1.29 is 4.79 Å². The van der Waals surface area contributed by atoms with Crippen LogP contribution >= 0.6 is 11.6 Å². The number of ketones is 1. The Morgan fingerprint density at radius 3 is 2.40 bits per heavy atom. The van der Waals surface area contributed by atoms with Crippen molar-refractivity contribution in [2.45, 2.75) is 33.1 Å². The molecule has 1 aromatic rings. The molecule has 0 unspecified atom stereocenters. The summed E-state index contributed by atoms with van der Waals surface area (Å²) in [7, 11) is 0. The first-order valence-electron chi connectivity index (χ1n) is 5.36. The number of carbonyl (C=O) groups excluding carboxylic acids is 1. The molecule has 0 amide bonds. The van der Waals surface area contributed by atoms with Crippen LogP contribution in [0.25, 0.3) is 0 Å². The van der Waals surface area contributed by atoms with Gasteiger partial charge < -0.3 is 0 Å². The van der Waals surface area contributed by atoms with Crippen LogP contribution < -0.4 is 0 Å². The standard InChI is InChI=1S/C13H17ClO/c1-10(2)13(15)5-3-4-11-6-8-12(14)9-7-11/h6-10H,3-5H2,1-2H3. The van der Waals surface area contributed by atoms with Crippen molar-refractivity contribution >= 4 is 17.4 Å². The average molecular weight is 225 g/mol. The maximum absolute atomic E-state index is 11.4. The second-order valence-electron chi connectivity index (χ2n) is 4.10. The third kappa shape index (κ3) is 4.48. The van der Waals surface area contributed by atoms with Crippen molar-refractivity contribution in [2.75, 3.05) is 0 Å². The summed E-state index contributed by atoms with van der Waals surface area (Å²) in [5, 5.41) is 0.761. The number of Topliss-reactive ketones (excluding diaryl/α,β-unsaturated/α-hetero) is 1. The van der Waals surface area contributed by atoms with E-state index in [0.29, 0.717) is 12.2 Å². The van der Waals surface area contributed by atoms with E-state index in [0.717, 1.165) is 17.9 Å². The van der Waals surface area contributed by atoms with Crippen LogP contribution in [0.3, 0.4) is 0 Å². The van der Waals surface area contributed by atoms with Gasteiger partial charge in [-0.25, -0.2) is 0 Å². The Balaban J connectivity index is 2.32. The number of halogens is 1. The van der Waals surface area contributed by atoms with Crippen molar-refractivity contribution in [3.8, 4) is 0 Å². The lowest BCUT2D eigenvalue weighted by Crippen LogP contribution is -2.06. The van der Waals surface area contributed by atoms with Crippen LogP contribution in [0.2, 0.25) is 5.02 Å². The lowest BCUT2D eigenvalue weighted by Gasteiger charge is -2.04. The fourth-order valence-electron chi connectivity index (χ4n) is 1.41. The summed E-state index contributed by atoms with van der Waals surface area (Å²) in [6.45, 7) is 3.90. The number of carbonyl (C=O) groups is 1. The van der Waals surface area contributed by atoms with Crippen LogP contribution in [-0.4, -0.2) is 5.78 Å². The topological polar surface area (TPSA) is 17.1 Å². The van der Waals surface area contributed by atoms with Gasteiger partial charge in [0, 0.05) is 17.4 Å². The third-order valence-corrected chi connectivity index (χ3v) is 2.70. The highest BCUT2D eigenvalue weighted by molar-refractivity contribution is 6.30. The molecule has 0 aliphatic rings. The first kappa shape index (κ1) is 12.3. The highest BCUT2D eigenvalue weighted by Gasteiger charge is 2.06. The summed E-state index contributed by atoms with van der Waals surface area (Å²) in [6, 6.07) is 7.81. The molecule has 1 rings (SSSR count). The first-order chi connectivity index (χ1) is 7.09. The summed E-state index contributed by atoms with van der Waals surface area (Å²) in [5.74, 6) is 0.513. The second-order valence-corrected chi connectivity index (χ2v) is 4.54. The molecule has 0 radical (unpaired) electrons. The summed E-state index contributed by atoms with van der Waals surface area (Å²) in [4.78, 5) is 11.4. The second kappa shape index (κ2) is 5.92. The molecule has 0 heterocycles. The van der Waals surface area contributed by atoms with Gasteiger partial charge in [-0.1, -0.05) is 37.6 Å². The number of hydrogen-bond donors (Lipinski definition) is 0. The SMILES string of the molecule is CC(C)C(=O)CCCc1ccc(Cl)cc1. The van der Waals surface area contributed by atoms with Crippen LogP contribution in [0.5, 0.6) is 0 Å². The van der Waals surface area contributed by atoms with E-state index in [-0.39, 0.29) is 5.92 Å². The van der Waals surface area contributed by atoms with Gasteiger partial charge in [0.05, 0.1) is 0 Å². The fourth-order valence-corrected chi connectivity index (χ4v) is 1.53. The van der Waals surface area contributed by atoms with Crippen molar-refractivity contribution in [3.63, 3.8) is 0 Å². The van der Waals surface area contributed by atoms with Crippen LogP contribution in [0.15, 0.2) is 24.3 Å². The Labute approximate surface area is 96.5 Å². The van der Waals surface area contributed by atoms with Crippen LogP contribution in [0.1, 0.15) is 32.3 Å². The van der Waals surface area contributed by atoms with E-state index in [2.05, 4.69) is 0 Å². The van der Waals surface area contributed by atoms with E-state index in [1.165, 1.54) is 5.56 Å². The molecule has 0 fully saturated rings. The van der Waals surface area contributed by atoms with Gasteiger partial charge in [0.25, 0.3) is 0 Å². The molecule has 0 saturated heterocycles. The first-order valence-corrected chi connectivity index (χ1v) is 5.74. The minimum Gasteiger partial charge on any atom is -0.299 e. The molecule has 82 valence electrons. The monoisotopic (exact) mass is 224 g/mol. The van der Waals surface area contributed by atoms with Crippen molar-refractivity contribution in [1.29, 1.82) is 0 Å². The highest BCUT2D eigenvalue weighted by atomic mass is 35.5. The summed E-state index contributed by atoms with van der Waals surface area (Å²) in [5.41, 5.74) is 1.25. The zero-order valence-electron chi connectivity index (χ0n) is 9.29. The van der Waals surface area contributed by atoms with E-state index in [4.69, 9.17) is 11.6 Å². The highest BCUT2D eigenvalue weighted by Crippen LogP contribution is 2.12. The molecule has 0 aliphatic carbocycles. The molecule has 15 heavy (non-hydrogen) atoms. The zero-order chi connectivity index (χ0) is 11.3. The van der Waals surface area contributed by atoms with E-state index in [1.54, 1.807) is 0 Å². The van der Waals surface area contributed by atoms with E-state index < -0.39 is 0 Å². The van der Waals surface area contributed by atoms with Crippen LogP contribution in [-0.2, 0) is 11.2 Å². The molecule has 2 heteroatoms. The molecule has 0 N–H and O–H groups in total. The lowest BCUT2D eigenvalue weighted by molar-refractivity contribution is -0.121. The number of aryl methyl sites for hydroxylation is 1. The molecule has 1 nitrogen and oxygen atoms in total. The normalized spacial score (nSPS) is 10.7. The summed E-state index contributed by atoms with van der Waals surface area (Å²) < 4.78 is 0. The molecule has 0 bridgehead atoms. The predicted molar refractivity (Wildman–Crippen MR) is 64.2 cm³/mol. The fraction of sp³-hybridized carbons (Fsp3) is 0.462. The Bertz CT molecular complexity index is 314. The molecular weight excluding hydrogens is 208 g/mol. The molecule has 0 aliphatic heterocycles. The molecule has 1 aromatic carbocycles. The molecule has 0 saturated carbocycles. The number of rotatable bonds is 5. The molecule has 0 spiro atoms. The van der Waals surface area contributed by atoms with Gasteiger partial charge in [-0.3, -0.25) is 4.79 Å². The Kier molecular flexibility index (Phi) is 4.83. The van der Waals surface area contributed by atoms with Crippen molar-refractivity contribution in [2.24, 2.45) is 5.92 Å². The molecule has 0 aromatic heterocycles. The van der Waals surface area contributed by atoms with E-state index in [1.807, 2.05) is 38.1 Å². The van der Waals surface area contributed by atoms with Gasteiger partial charge in [-0.15, -0.1) is 0 Å². The van der Waals surface area contributed by atoms with Gasteiger partial charge in [-0.05, 0) is 30.5 Å². The Hall–Kier alpha value is -0.820. The number of benzene rings is 1. The molecule has 0 atom stereocenters. The Morgan fingerprint density at radius 1 is 1.27 bits per heavy atom. The van der Waals surface area contributed by atoms with Gasteiger partial charge >= 0.3 is 0 Å². The smallest absolute Gasteiger partial charge is 0.135 e. The van der Waals surface area contributed by atoms with Gasteiger partial charge in [0.15, 0.2) is 0 Å². The van der Waals surface area contributed by atoms with E-state index >= 15 is 0 Å². The molecular formula is C13H17ClO. The largest absolute Gasteiger partial charge is 0.299 e.